The molecule has 0 radical (unpaired) electrons. The minimum atomic E-state index is -0.195. The van der Waals surface area contributed by atoms with Crippen LogP contribution in [0.2, 0.25) is 0 Å². The summed E-state index contributed by atoms with van der Waals surface area (Å²) in [7, 11) is 0. The van der Waals surface area contributed by atoms with Gasteiger partial charge in [0.15, 0.2) is 5.69 Å². The van der Waals surface area contributed by atoms with Gasteiger partial charge in [-0.3, -0.25) is 9.78 Å². The van der Waals surface area contributed by atoms with E-state index >= 15 is 0 Å². The molecule has 25 heavy (non-hydrogen) atoms. The third-order valence-corrected chi connectivity index (χ3v) is 4.70. The molecule has 1 aliphatic carbocycles. The molecule has 1 amide bonds. The second-order valence-electron chi connectivity index (χ2n) is 7.00. The van der Waals surface area contributed by atoms with Gasteiger partial charge in [0.2, 0.25) is 0 Å². The van der Waals surface area contributed by atoms with E-state index in [-0.39, 0.29) is 11.9 Å². The predicted octanol–water partition coefficient (Wildman–Crippen LogP) is 1.78. The van der Waals surface area contributed by atoms with Crippen molar-refractivity contribution in [2.24, 2.45) is 5.73 Å². The number of rotatable bonds is 5. The molecule has 0 aliphatic heterocycles. The van der Waals surface area contributed by atoms with Gasteiger partial charge in [0.05, 0.1) is 12.2 Å². The lowest BCUT2D eigenvalue weighted by Crippen LogP contribution is -2.34. The van der Waals surface area contributed by atoms with Crippen molar-refractivity contribution in [3.05, 3.63) is 41.5 Å². The zero-order chi connectivity index (χ0) is 17.8. The van der Waals surface area contributed by atoms with E-state index in [1.54, 1.807) is 6.20 Å². The highest BCUT2D eigenvalue weighted by molar-refractivity contribution is 5.92. The van der Waals surface area contributed by atoms with Gasteiger partial charge in [-0.05, 0) is 51.7 Å². The fourth-order valence-corrected chi connectivity index (χ4v) is 3.30. The predicted molar refractivity (Wildman–Crippen MR) is 95.1 cm³/mol. The lowest BCUT2D eigenvalue weighted by molar-refractivity contribution is 0.0935. The van der Waals surface area contributed by atoms with Gasteiger partial charge >= 0.3 is 0 Å². The lowest BCUT2D eigenvalue weighted by Gasteiger charge is -2.25. The molecule has 2 aromatic rings. The fourth-order valence-electron chi connectivity index (χ4n) is 3.30. The summed E-state index contributed by atoms with van der Waals surface area (Å²) >= 11 is 0. The van der Waals surface area contributed by atoms with Gasteiger partial charge in [-0.1, -0.05) is 11.3 Å². The Kier molecular flexibility index (Phi) is 5.43. The first-order valence-corrected chi connectivity index (χ1v) is 8.92. The molecule has 0 spiro atoms. The number of carbonyl (C=O) groups excluding carboxylic acids is 1. The number of hydrogen-bond acceptors (Lipinski definition) is 5. The Morgan fingerprint density at radius 2 is 2.12 bits per heavy atom. The third kappa shape index (κ3) is 4.63. The van der Waals surface area contributed by atoms with Crippen LogP contribution in [0.1, 0.15) is 60.5 Å². The molecule has 2 aromatic heterocycles. The number of aromatic nitrogens is 4. The molecule has 2 heterocycles. The molecule has 0 bridgehead atoms. The molecule has 0 saturated heterocycles. The highest BCUT2D eigenvalue weighted by Crippen LogP contribution is 2.26. The number of nitrogens with two attached hydrogens (primary N) is 1. The maximum absolute atomic E-state index is 12.4. The molecule has 1 saturated carbocycles. The van der Waals surface area contributed by atoms with E-state index in [4.69, 9.17) is 5.73 Å². The van der Waals surface area contributed by atoms with E-state index in [0.29, 0.717) is 24.2 Å². The minimum Gasteiger partial charge on any atom is -0.348 e. The zero-order valence-corrected chi connectivity index (χ0v) is 14.9. The zero-order valence-electron chi connectivity index (χ0n) is 14.9. The van der Waals surface area contributed by atoms with Gasteiger partial charge in [0.25, 0.3) is 5.91 Å². The van der Waals surface area contributed by atoms with E-state index in [2.05, 4.69) is 20.6 Å². The summed E-state index contributed by atoms with van der Waals surface area (Å²) in [6.07, 6.45) is 6.39. The van der Waals surface area contributed by atoms with Crippen molar-refractivity contribution in [3.63, 3.8) is 0 Å². The van der Waals surface area contributed by atoms with Crippen LogP contribution < -0.4 is 11.1 Å². The summed E-state index contributed by atoms with van der Waals surface area (Å²) in [5, 5.41) is 11.2. The number of aryl methyl sites for hydroxylation is 1. The summed E-state index contributed by atoms with van der Waals surface area (Å²) in [6, 6.07) is 6.47. The van der Waals surface area contributed by atoms with E-state index < -0.39 is 0 Å². The van der Waals surface area contributed by atoms with Crippen LogP contribution >= 0.6 is 0 Å². The molecule has 1 aliphatic rings. The smallest absolute Gasteiger partial charge is 0.273 e. The number of hydrogen-bond donors (Lipinski definition) is 2. The minimum absolute atomic E-state index is 0.0281. The largest absolute Gasteiger partial charge is 0.348 e. The molecule has 1 atom stereocenters. The van der Waals surface area contributed by atoms with Gasteiger partial charge in [0, 0.05) is 29.9 Å². The summed E-state index contributed by atoms with van der Waals surface area (Å²) in [4.78, 5) is 16.9. The van der Waals surface area contributed by atoms with Gasteiger partial charge in [-0.15, -0.1) is 5.10 Å². The number of nitrogens with one attached hydrogen (secondary N) is 1. The first-order chi connectivity index (χ1) is 12.0. The third-order valence-electron chi connectivity index (χ3n) is 4.70. The molecule has 7 heteroatoms. The Hall–Kier alpha value is -2.28. The number of nitrogens with zero attached hydrogens (tertiary/aromatic N) is 4. The van der Waals surface area contributed by atoms with E-state index in [9.17, 15) is 4.79 Å². The molecule has 7 nitrogen and oxygen atoms in total. The Morgan fingerprint density at radius 1 is 1.36 bits per heavy atom. The molecule has 0 aromatic carbocycles. The molecule has 134 valence electrons. The van der Waals surface area contributed by atoms with Gasteiger partial charge in [-0.25, -0.2) is 4.68 Å². The maximum atomic E-state index is 12.4. The Bertz CT molecular complexity index is 720. The Balaban J connectivity index is 1.56. The average molecular weight is 342 g/mol. The molecule has 3 N–H and O–H groups in total. The number of pyridine rings is 1. The monoisotopic (exact) mass is 342 g/mol. The van der Waals surface area contributed by atoms with Crippen molar-refractivity contribution in [3.8, 4) is 0 Å². The van der Waals surface area contributed by atoms with Crippen LogP contribution in [0.4, 0.5) is 0 Å². The summed E-state index contributed by atoms with van der Waals surface area (Å²) in [6.45, 7) is 3.93. The van der Waals surface area contributed by atoms with Gasteiger partial charge in [0.1, 0.15) is 0 Å². The van der Waals surface area contributed by atoms with Crippen molar-refractivity contribution in [1.82, 2.24) is 25.3 Å². The van der Waals surface area contributed by atoms with Crippen LogP contribution in [0.3, 0.4) is 0 Å². The first-order valence-electron chi connectivity index (χ1n) is 8.92. The summed E-state index contributed by atoms with van der Waals surface area (Å²) in [5.41, 5.74) is 8.25. The second kappa shape index (κ2) is 7.74. The van der Waals surface area contributed by atoms with Gasteiger partial charge in [-0.2, -0.15) is 0 Å². The maximum Gasteiger partial charge on any atom is 0.273 e. The molecule has 1 fully saturated rings. The summed E-state index contributed by atoms with van der Waals surface area (Å²) in [5.74, 6) is -0.195. The Labute approximate surface area is 148 Å². The van der Waals surface area contributed by atoms with E-state index in [1.807, 2.05) is 36.7 Å². The molecule has 3 rings (SSSR count). The van der Waals surface area contributed by atoms with Crippen molar-refractivity contribution in [2.75, 3.05) is 0 Å². The molecular weight excluding hydrogens is 316 g/mol. The van der Waals surface area contributed by atoms with Gasteiger partial charge < -0.3 is 11.1 Å². The highest BCUT2D eigenvalue weighted by atomic mass is 16.2. The molecule has 0 unspecified atom stereocenters. The molecular formula is C18H26N6O. The van der Waals surface area contributed by atoms with Crippen molar-refractivity contribution in [1.29, 1.82) is 0 Å². The van der Waals surface area contributed by atoms with Crippen LogP contribution in [-0.2, 0) is 6.42 Å². The van der Waals surface area contributed by atoms with Crippen LogP contribution in [0, 0.1) is 6.92 Å². The highest BCUT2D eigenvalue weighted by Gasteiger charge is 2.22. The first kappa shape index (κ1) is 17.5. The van der Waals surface area contributed by atoms with Crippen molar-refractivity contribution in [2.45, 2.75) is 64.1 Å². The van der Waals surface area contributed by atoms with Crippen LogP contribution in [0.25, 0.3) is 0 Å². The fraction of sp³-hybridized carbons (Fsp3) is 0.556. The standard InChI is InChI=1S/C18H26N6O/c1-12-4-3-5-15(20-12)10-13(2)21-18(25)17-11-24(23-22-17)16-8-6-14(19)7-9-16/h3-5,11,13-14,16H,6-10,19H2,1-2H3,(H,21,25)/t13-,14?,16?/m1/s1. The average Bonchev–Trinajstić information content (AvgIpc) is 3.05. The second-order valence-corrected chi connectivity index (χ2v) is 7.00. The quantitative estimate of drug-likeness (QED) is 0.863. The van der Waals surface area contributed by atoms with Crippen LogP contribution in [0.15, 0.2) is 24.4 Å². The summed E-state index contributed by atoms with van der Waals surface area (Å²) < 4.78 is 1.81. The van der Waals surface area contributed by atoms with Crippen LogP contribution in [0.5, 0.6) is 0 Å². The topological polar surface area (TPSA) is 98.7 Å². The Morgan fingerprint density at radius 3 is 2.84 bits per heavy atom. The van der Waals surface area contributed by atoms with Crippen LogP contribution in [-0.4, -0.2) is 38.0 Å². The van der Waals surface area contributed by atoms with Crippen molar-refractivity contribution >= 4 is 5.91 Å². The van der Waals surface area contributed by atoms with E-state index in [0.717, 1.165) is 37.1 Å². The number of amides is 1. The number of carbonyl (C=O) groups is 1. The van der Waals surface area contributed by atoms with Crippen molar-refractivity contribution < 1.29 is 4.79 Å². The lowest BCUT2D eigenvalue weighted by atomic mass is 9.92. The van der Waals surface area contributed by atoms with E-state index in [1.165, 1.54) is 0 Å². The SMILES string of the molecule is Cc1cccc(C[C@@H](C)NC(=O)c2cn(C3CCC(N)CC3)nn2)n1. The normalized spacial score (nSPS) is 21.7.